The standard InChI is InChI=1S/C18H21NO2/c1-13-7-9-17(10-8-13)21-15(3)18(20)19-12-16-6-4-5-14(2)11-16/h4-11,15H,12H2,1-3H3,(H,19,20)/t15-/m0/s1. The van der Waals surface area contributed by atoms with E-state index in [2.05, 4.69) is 11.4 Å². The number of amides is 1. The third kappa shape index (κ3) is 4.63. The van der Waals surface area contributed by atoms with Crippen LogP contribution in [0, 0.1) is 13.8 Å². The molecule has 0 aliphatic rings. The summed E-state index contributed by atoms with van der Waals surface area (Å²) in [5.74, 6) is 0.593. The molecule has 1 N–H and O–H groups in total. The number of aryl methyl sites for hydroxylation is 2. The molecule has 0 aliphatic heterocycles. The number of ether oxygens (including phenoxy) is 1. The van der Waals surface area contributed by atoms with Gasteiger partial charge in [0.15, 0.2) is 6.10 Å². The van der Waals surface area contributed by atoms with Gasteiger partial charge in [-0.1, -0.05) is 47.5 Å². The van der Waals surface area contributed by atoms with Crippen molar-refractivity contribution in [1.82, 2.24) is 5.32 Å². The normalized spacial score (nSPS) is 11.8. The fraction of sp³-hybridized carbons (Fsp3) is 0.278. The highest BCUT2D eigenvalue weighted by atomic mass is 16.5. The van der Waals surface area contributed by atoms with Crippen molar-refractivity contribution in [3.8, 4) is 5.75 Å². The van der Waals surface area contributed by atoms with E-state index in [1.165, 1.54) is 11.1 Å². The summed E-state index contributed by atoms with van der Waals surface area (Å²) in [7, 11) is 0. The summed E-state index contributed by atoms with van der Waals surface area (Å²) >= 11 is 0. The molecule has 0 aliphatic carbocycles. The average Bonchev–Trinajstić information content (AvgIpc) is 2.47. The van der Waals surface area contributed by atoms with Gasteiger partial charge >= 0.3 is 0 Å². The second-order valence-electron chi connectivity index (χ2n) is 5.28. The summed E-state index contributed by atoms with van der Waals surface area (Å²) in [5, 5.41) is 2.89. The minimum atomic E-state index is -0.516. The third-order valence-corrected chi connectivity index (χ3v) is 3.25. The molecule has 2 aromatic carbocycles. The topological polar surface area (TPSA) is 38.3 Å². The molecule has 21 heavy (non-hydrogen) atoms. The second-order valence-corrected chi connectivity index (χ2v) is 5.28. The van der Waals surface area contributed by atoms with Gasteiger partial charge in [-0.25, -0.2) is 0 Å². The van der Waals surface area contributed by atoms with Crippen molar-refractivity contribution < 1.29 is 9.53 Å². The fourth-order valence-corrected chi connectivity index (χ4v) is 2.03. The van der Waals surface area contributed by atoms with Crippen LogP contribution in [0.4, 0.5) is 0 Å². The lowest BCUT2D eigenvalue weighted by molar-refractivity contribution is -0.127. The molecule has 3 nitrogen and oxygen atoms in total. The Labute approximate surface area is 126 Å². The Morgan fingerprint density at radius 2 is 1.81 bits per heavy atom. The van der Waals surface area contributed by atoms with E-state index in [0.29, 0.717) is 12.3 Å². The van der Waals surface area contributed by atoms with Crippen LogP contribution in [-0.2, 0) is 11.3 Å². The molecular formula is C18H21NO2. The van der Waals surface area contributed by atoms with Crippen molar-refractivity contribution in [1.29, 1.82) is 0 Å². The van der Waals surface area contributed by atoms with Crippen molar-refractivity contribution in [2.75, 3.05) is 0 Å². The van der Waals surface area contributed by atoms with Crippen LogP contribution in [0.2, 0.25) is 0 Å². The smallest absolute Gasteiger partial charge is 0.261 e. The lowest BCUT2D eigenvalue weighted by atomic mass is 10.1. The molecule has 0 spiro atoms. The molecule has 3 heteroatoms. The predicted molar refractivity (Wildman–Crippen MR) is 84.3 cm³/mol. The molecule has 0 aromatic heterocycles. The van der Waals surface area contributed by atoms with Gasteiger partial charge in [-0.2, -0.15) is 0 Å². The average molecular weight is 283 g/mol. The van der Waals surface area contributed by atoms with Gasteiger partial charge in [-0.05, 0) is 38.5 Å². The van der Waals surface area contributed by atoms with E-state index >= 15 is 0 Å². The molecule has 110 valence electrons. The van der Waals surface area contributed by atoms with Gasteiger partial charge in [0, 0.05) is 6.54 Å². The molecule has 0 unspecified atom stereocenters. The summed E-state index contributed by atoms with van der Waals surface area (Å²) < 4.78 is 5.63. The molecule has 2 aromatic rings. The Hall–Kier alpha value is -2.29. The number of benzene rings is 2. The highest BCUT2D eigenvalue weighted by Crippen LogP contribution is 2.13. The number of nitrogens with one attached hydrogen (secondary N) is 1. The van der Waals surface area contributed by atoms with Gasteiger partial charge in [-0.15, -0.1) is 0 Å². The third-order valence-electron chi connectivity index (χ3n) is 3.25. The molecule has 0 saturated carbocycles. The molecule has 0 bridgehead atoms. The number of hydrogen-bond acceptors (Lipinski definition) is 2. The summed E-state index contributed by atoms with van der Waals surface area (Å²) in [6, 6.07) is 15.8. The Kier molecular flexibility index (Phi) is 4.99. The van der Waals surface area contributed by atoms with Crippen LogP contribution >= 0.6 is 0 Å². The van der Waals surface area contributed by atoms with Crippen LogP contribution in [0.1, 0.15) is 23.6 Å². The first-order chi connectivity index (χ1) is 10.0. The summed E-state index contributed by atoms with van der Waals surface area (Å²) in [5.41, 5.74) is 3.44. The molecule has 1 atom stereocenters. The zero-order valence-electron chi connectivity index (χ0n) is 12.7. The zero-order chi connectivity index (χ0) is 15.2. The number of carbonyl (C=O) groups excluding carboxylic acids is 1. The van der Waals surface area contributed by atoms with Crippen LogP contribution in [0.3, 0.4) is 0 Å². The van der Waals surface area contributed by atoms with E-state index in [1.807, 2.05) is 56.3 Å². The quantitative estimate of drug-likeness (QED) is 0.913. The lowest BCUT2D eigenvalue weighted by Crippen LogP contribution is -2.35. The first kappa shape index (κ1) is 15.1. The number of hydrogen-bond donors (Lipinski definition) is 1. The Morgan fingerprint density at radius 3 is 2.48 bits per heavy atom. The van der Waals surface area contributed by atoms with Crippen LogP contribution in [0.15, 0.2) is 48.5 Å². The summed E-state index contributed by atoms with van der Waals surface area (Å²) in [6.07, 6.45) is -0.516. The van der Waals surface area contributed by atoms with Gasteiger partial charge in [0.05, 0.1) is 0 Å². The summed E-state index contributed by atoms with van der Waals surface area (Å²) in [4.78, 5) is 12.0. The van der Waals surface area contributed by atoms with Crippen LogP contribution in [0.5, 0.6) is 5.75 Å². The first-order valence-electron chi connectivity index (χ1n) is 7.11. The Balaban J connectivity index is 1.86. The van der Waals surface area contributed by atoms with E-state index in [4.69, 9.17) is 4.74 Å². The maximum absolute atomic E-state index is 12.0. The molecule has 0 fully saturated rings. The maximum atomic E-state index is 12.0. The SMILES string of the molecule is Cc1ccc(O[C@@H](C)C(=O)NCc2cccc(C)c2)cc1. The minimum Gasteiger partial charge on any atom is -0.481 e. The Bertz CT molecular complexity index is 605. The first-order valence-corrected chi connectivity index (χ1v) is 7.11. The molecular weight excluding hydrogens is 262 g/mol. The molecule has 0 saturated heterocycles. The summed E-state index contributed by atoms with van der Waals surface area (Å²) in [6.45, 7) is 6.32. The van der Waals surface area contributed by atoms with E-state index in [1.54, 1.807) is 6.92 Å². The van der Waals surface area contributed by atoms with Gasteiger partial charge in [-0.3, -0.25) is 4.79 Å². The zero-order valence-corrected chi connectivity index (χ0v) is 12.7. The van der Waals surface area contributed by atoms with Crippen molar-refractivity contribution in [2.45, 2.75) is 33.4 Å². The number of carbonyl (C=O) groups is 1. The van der Waals surface area contributed by atoms with Crippen molar-refractivity contribution >= 4 is 5.91 Å². The van der Waals surface area contributed by atoms with Gasteiger partial charge in [0.2, 0.25) is 0 Å². The largest absolute Gasteiger partial charge is 0.481 e. The fourth-order valence-electron chi connectivity index (χ4n) is 2.03. The van der Waals surface area contributed by atoms with Gasteiger partial charge in [0.1, 0.15) is 5.75 Å². The molecule has 1 amide bonds. The van der Waals surface area contributed by atoms with Crippen LogP contribution in [0.25, 0.3) is 0 Å². The van der Waals surface area contributed by atoms with Crippen molar-refractivity contribution in [3.05, 3.63) is 65.2 Å². The lowest BCUT2D eigenvalue weighted by Gasteiger charge is -2.15. The predicted octanol–water partition coefficient (Wildman–Crippen LogP) is 3.39. The highest BCUT2D eigenvalue weighted by Gasteiger charge is 2.14. The van der Waals surface area contributed by atoms with Crippen LogP contribution < -0.4 is 10.1 Å². The Morgan fingerprint density at radius 1 is 1.10 bits per heavy atom. The van der Waals surface area contributed by atoms with Crippen molar-refractivity contribution in [3.63, 3.8) is 0 Å². The molecule has 0 radical (unpaired) electrons. The number of rotatable bonds is 5. The second kappa shape index (κ2) is 6.93. The van der Waals surface area contributed by atoms with E-state index in [9.17, 15) is 4.79 Å². The van der Waals surface area contributed by atoms with E-state index in [0.717, 1.165) is 5.56 Å². The van der Waals surface area contributed by atoms with Crippen LogP contribution in [-0.4, -0.2) is 12.0 Å². The van der Waals surface area contributed by atoms with Gasteiger partial charge in [0.25, 0.3) is 5.91 Å². The van der Waals surface area contributed by atoms with Gasteiger partial charge < -0.3 is 10.1 Å². The molecule has 2 rings (SSSR count). The van der Waals surface area contributed by atoms with Crippen molar-refractivity contribution in [2.24, 2.45) is 0 Å². The highest BCUT2D eigenvalue weighted by molar-refractivity contribution is 5.80. The van der Waals surface area contributed by atoms with E-state index < -0.39 is 6.10 Å². The maximum Gasteiger partial charge on any atom is 0.261 e. The molecule has 0 heterocycles. The monoisotopic (exact) mass is 283 g/mol. The minimum absolute atomic E-state index is 0.114. The van der Waals surface area contributed by atoms with E-state index in [-0.39, 0.29) is 5.91 Å².